The maximum absolute atomic E-state index is 12.8. The Hall–Kier alpha value is -3.30. The molecule has 0 aliphatic carbocycles. The molecule has 0 spiro atoms. The van der Waals surface area contributed by atoms with Gasteiger partial charge in [-0.25, -0.2) is 18.2 Å². The summed E-state index contributed by atoms with van der Waals surface area (Å²) in [7, 11) is -3.65. The van der Waals surface area contributed by atoms with Gasteiger partial charge in [-0.3, -0.25) is 4.79 Å². The number of carbonyl (C=O) groups is 2. The van der Waals surface area contributed by atoms with Crippen LogP contribution in [-0.4, -0.2) is 43.6 Å². The molecule has 31 heavy (non-hydrogen) atoms. The van der Waals surface area contributed by atoms with E-state index in [9.17, 15) is 18.0 Å². The number of anilines is 1. The number of carbonyl (C=O) groups excluding carboxylic acids is 2. The minimum atomic E-state index is -3.65. The van der Waals surface area contributed by atoms with Crippen LogP contribution in [0.4, 0.5) is 5.69 Å². The Morgan fingerprint density at radius 1 is 1.13 bits per heavy atom. The van der Waals surface area contributed by atoms with E-state index in [1.54, 1.807) is 56.3 Å². The fraction of sp³-hybridized carbons (Fsp3) is 0.227. The molecule has 0 atom stereocenters. The minimum absolute atomic E-state index is 0.0442. The molecule has 0 fully saturated rings. The van der Waals surface area contributed by atoms with Gasteiger partial charge in [-0.05, 0) is 42.0 Å². The summed E-state index contributed by atoms with van der Waals surface area (Å²) in [6.07, 6.45) is 1.56. The lowest BCUT2D eigenvalue weighted by atomic mass is 10.1. The molecular formula is C22H23N3O5S. The van der Waals surface area contributed by atoms with Crippen LogP contribution < -0.4 is 5.32 Å². The van der Waals surface area contributed by atoms with Crippen LogP contribution in [0.1, 0.15) is 31.9 Å². The summed E-state index contributed by atoms with van der Waals surface area (Å²) in [4.78, 5) is 27.7. The summed E-state index contributed by atoms with van der Waals surface area (Å²) in [6, 6.07) is 13.1. The fourth-order valence-corrected chi connectivity index (χ4v) is 4.56. The lowest BCUT2D eigenvalue weighted by Gasteiger charge is -2.18. The fourth-order valence-electron chi connectivity index (χ4n) is 3.06. The van der Waals surface area contributed by atoms with Crippen molar-refractivity contribution in [2.24, 2.45) is 4.99 Å². The zero-order valence-corrected chi connectivity index (χ0v) is 18.3. The molecule has 1 aliphatic heterocycles. The van der Waals surface area contributed by atoms with Gasteiger partial charge in [-0.1, -0.05) is 32.0 Å². The van der Waals surface area contributed by atoms with Crippen LogP contribution in [0.5, 0.6) is 0 Å². The molecule has 0 saturated carbocycles. The molecule has 0 saturated heterocycles. The monoisotopic (exact) mass is 441 g/mol. The molecular weight excluding hydrogens is 418 g/mol. The molecule has 0 bridgehead atoms. The van der Waals surface area contributed by atoms with Crippen LogP contribution >= 0.6 is 0 Å². The zero-order valence-electron chi connectivity index (χ0n) is 17.5. The van der Waals surface area contributed by atoms with E-state index in [2.05, 4.69) is 10.3 Å². The van der Waals surface area contributed by atoms with E-state index in [1.165, 1.54) is 23.4 Å². The largest absolute Gasteiger partial charge is 0.402 e. The van der Waals surface area contributed by atoms with Gasteiger partial charge in [0.15, 0.2) is 5.70 Å². The van der Waals surface area contributed by atoms with Gasteiger partial charge >= 0.3 is 5.97 Å². The highest BCUT2D eigenvalue weighted by Gasteiger charge is 2.27. The number of hydrogen-bond acceptors (Lipinski definition) is 6. The van der Waals surface area contributed by atoms with Crippen molar-refractivity contribution < 1.29 is 22.7 Å². The third kappa shape index (κ3) is 5.07. The van der Waals surface area contributed by atoms with Gasteiger partial charge in [0.1, 0.15) is 0 Å². The molecule has 1 amide bonds. The maximum Gasteiger partial charge on any atom is 0.363 e. The van der Waals surface area contributed by atoms with Crippen LogP contribution in [0.15, 0.2) is 64.1 Å². The number of sulfonamides is 1. The van der Waals surface area contributed by atoms with Gasteiger partial charge in [0.25, 0.3) is 0 Å². The van der Waals surface area contributed by atoms with Crippen molar-refractivity contribution in [3.63, 3.8) is 0 Å². The Morgan fingerprint density at radius 2 is 1.81 bits per heavy atom. The van der Waals surface area contributed by atoms with E-state index in [0.29, 0.717) is 29.9 Å². The first kappa shape index (κ1) is 22.4. The van der Waals surface area contributed by atoms with Crippen molar-refractivity contribution in [3.8, 4) is 0 Å². The number of rotatable bonds is 7. The Morgan fingerprint density at radius 3 is 2.42 bits per heavy atom. The normalized spacial score (nSPS) is 15.2. The summed E-state index contributed by atoms with van der Waals surface area (Å²) in [6.45, 7) is 5.67. The first-order chi connectivity index (χ1) is 14.7. The summed E-state index contributed by atoms with van der Waals surface area (Å²) >= 11 is 0. The topological polar surface area (TPSA) is 105 Å². The van der Waals surface area contributed by atoms with Crippen LogP contribution in [-0.2, 0) is 24.3 Å². The number of nitrogens with zero attached hydrogens (tertiary/aromatic N) is 2. The van der Waals surface area contributed by atoms with Crippen LogP contribution in [0.3, 0.4) is 0 Å². The average Bonchev–Trinajstić information content (AvgIpc) is 3.10. The highest BCUT2D eigenvalue weighted by molar-refractivity contribution is 7.89. The smallest absolute Gasteiger partial charge is 0.363 e. The zero-order chi connectivity index (χ0) is 22.6. The second kappa shape index (κ2) is 9.23. The number of hydrogen-bond donors (Lipinski definition) is 1. The van der Waals surface area contributed by atoms with Gasteiger partial charge < -0.3 is 10.1 Å². The second-order valence-electron chi connectivity index (χ2n) is 6.76. The molecule has 0 unspecified atom stereocenters. The first-order valence-electron chi connectivity index (χ1n) is 9.75. The van der Waals surface area contributed by atoms with Gasteiger partial charge in [0.05, 0.1) is 4.90 Å². The number of cyclic esters (lactones) is 1. The van der Waals surface area contributed by atoms with Crippen LogP contribution in [0.25, 0.3) is 6.08 Å². The quantitative estimate of drug-likeness (QED) is 0.525. The third-order valence-corrected chi connectivity index (χ3v) is 6.63. The lowest BCUT2D eigenvalue weighted by Crippen LogP contribution is -2.30. The van der Waals surface area contributed by atoms with Crippen molar-refractivity contribution in [2.75, 3.05) is 18.4 Å². The molecule has 8 nitrogen and oxygen atoms in total. The van der Waals surface area contributed by atoms with Crippen molar-refractivity contribution >= 4 is 39.6 Å². The highest BCUT2D eigenvalue weighted by Crippen LogP contribution is 2.23. The molecule has 1 aliphatic rings. The second-order valence-corrected chi connectivity index (χ2v) is 8.69. The number of benzene rings is 2. The summed E-state index contributed by atoms with van der Waals surface area (Å²) in [5, 5.41) is 2.67. The Bertz CT molecular complexity index is 1160. The minimum Gasteiger partial charge on any atom is -0.402 e. The standard InChI is InChI=1S/C22H23N3O5S/c1-4-25(5-2)31(28,29)19-8-6-7-17(14-19)21-24-20(22(27)30-21)13-16-9-11-18(12-10-16)23-15(3)26/h6-14H,4-5H2,1-3H3,(H,23,26)/b20-13+. The lowest BCUT2D eigenvalue weighted by molar-refractivity contribution is -0.129. The predicted molar refractivity (Wildman–Crippen MR) is 118 cm³/mol. The summed E-state index contributed by atoms with van der Waals surface area (Å²) in [5.74, 6) is -0.759. The molecule has 0 aromatic heterocycles. The molecule has 9 heteroatoms. The van der Waals surface area contributed by atoms with E-state index < -0.39 is 16.0 Å². The number of amides is 1. The average molecular weight is 442 g/mol. The molecule has 162 valence electrons. The predicted octanol–water partition coefficient (Wildman–Crippen LogP) is 3.02. The van der Waals surface area contributed by atoms with Gasteiger partial charge in [-0.2, -0.15) is 4.31 Å². The SMILES string of the molecule is CCN(CC)S(=O)(=O)c1cccc(C2=N/C(=C/c3ccc(NC(C)=O)cc3)C(=O)O2)c1. The van der Waals surface area contributed by atoms with Gasteiger partial charge in [0, 0.05) is 31.3 Å². The summed E-state index contributed by atoms with van der Waals surface area (Å²) < 4.78 is 32.2. The molecule has 2 aromatic rings. The Balaban J connectivity index is 1.88. The molecule has 3 rings (SSSR count). The summed E-state index contributed by atoms with van der Waals surface area (Å²) in [5.41, 5.74) is 1.83. The Kier molecular flexibility index (Phi) is 6.67. The van der Waals surface area contributed by atoms with E-state index in [-0.39, 0.29) is 22.4 Å². The molecule has 2 aromatic carbocycles. The molecule has 0 radical (unpaired) electrons. The van der Waals surface area contributed by atoms with E-state index >= 15 is 0 Å². The molecule has 1 heterocycles. The first-order valence-corrected chi connectivity index (χ1v) is 11.2. The number of nitrogens with one attached hydrogen (secondary N) is 1. The van der Waals surface area contributed by atoms with Gasteiger partial charge in [-0.15, -0.1) is 0 Å². The van der Waals surface area contributed by atoms with E-state index in [0.717, 1.165) is 0 Å². The number of esters is 1. The Labute approximate surface area is 181 Å². The van der Waals surface area contributed by atoms with Crippen molar-refractivity contribution in [1.29, 1.82) is 0 Å². The molecule has 1 N–H and O–H groups in total. The van der Waals surface area contributed by atoms with E-state index in [4.69, 9.17) is 4.74 Å². The van der Waals surface area contributed by atoms with Crippen molar-refractivity contribution in [3.05, 3.63) is 65.4 Å². The number of ether oxygens (including phenoxy) is 1. The third-order valence-electron chi connectivity index (χ3n) is 4.58. The van der Waals surface area contributed by atoms with Crippen molar-refractivity contribution in [1.82, 2.24) is 4.31 Å². The number of aliphatic imine (C=N–C) groups is 1. The van der Waals surface area contributed by atoms with Gasteiger partial charge in [0.2, 0.25) is 21.8 Å². The van der Waals surface area contributed by atoms with Crippen LogP contribution in [0, 0.1) is 0 Å². The highest BCUT2D eigenvalue weighted by atomic mass is 32.2. The maximum atomic E-state index is 12.8. The van der Waals surface area contributed by atoms with Crippen molar-refractivity contribution in [2.45, 2.75) is 25.7 Å². The van der Waals surface area contributed by atoms with E-state index in [1.807, 2.05) is 0 Å². The van der Waals surface area contributed by atoms with Crippen LogP contribution in [0.2, 0.25) is 0 Å².